The van der Waals surface area contributed by atoms with Crippen molar-refractivity contribution < 1.29 is 0 Å². The molecule has 0 atom stereocenters. The van der Waals surface area contributed by atoms with Crippen molar-refractivity contribution in [3.8, 4) is 0 Å². The van der Waals surface area contributed by atoms with Gasteiger partial charge in [0.05, 0.1) is 0 Å². The Morgan fingerprint density at radius 3 is 3.00 bits per heavy atom. The van der Waals surface area contributed by atoms with Crippen molar-refractivity contribution in [1.29, 1.82) is 0 Å². The maximum Gasteiger partial charge on any atom is 0.0441 e. The maximum atomic E-state index is 3.88. The maximum absolute atomic E-state index is 3.88. The van der Waals surface area contributed by atoms with Crippen LogP contribution in [0.3, 0.4) is 0 Å². The highest BCUT2D eigenvalue weighted by Crippen LogP contribution is 2.25. The molecule has 1 radical (unpaired) electrons. The van der Waals surface area contributed by atoms with Crippen molar-refractivity contribution >= 4 is 5.69 Å². The van der Waals surface area contributed by atoms with Gasteiger partial charge in [0.15, 0.2) is 0 Å². The van der Waals surface area contributed by atoms with Crippen LogP contribution in [0.1, 0.15) is 18.4 Å². The molecule has 0 spiro atoms. The molecule has 1 aliphatic heterocycles. The van der Waals surface area contributed by atoms with E-state index in [0.717, 1.165) is 25.8 Å². The number of hydrogen-bond acceptors (Lipinski definition) is 1. The van der Waals surface area contributed by atoms with E-state index in [1.54, 1.807) is 0 Å². The van der Waals surface area contributed by atoms with Gasteiger partial charge in [0.2, 0.25) is 0 Å². The first-order valence-corrected chi connectivity index (χ1v) is 5.22. The minimum Gasteiger partial charge on any atom is -0.348 e. The zero-order valence-electron chi connectivity index (χ0n) is 8.45. The summed E-state index contributed by atoms with van der Waals surface area (Å²) < 4.78 is 0. The second kappa shape index (κ2) is 4.32. The predicted molar refractivity (Wildman–Crippen MR) is 61.2 cm³/mol. The Balaban J connectivity index is 2.18. The molecule has 1 aromatic rings. The average Bonchev–Trinajstić information content (AvgIpc) is 2.26. The fourth-order valence-corrected chi connectivity index (χ4v) is 1.83. The molecule has 0 aromatic heterocycles. The third kappa shape index (κ3) is 1.82. The molecule has 0 unspecified atom stereocenters. The molecule has 1 aromatic carbocycles. The van der Waals surface area contributed by atoms with Crippen LogP contribution < -0.4 is 4.90 Å². The summed E-state index contributed by atoms with van der Waals surface area (Å²) in [7, 11) is 0. The van der Waals surface area contributed by atoms with Gasteiger partial charge in [0.25, 0.3) is 0 Å². The van der Waals surface area contributed by atoms with Crippen molar-refractivity contribution in [2.24, 2.45) is 0 Å². The van der Waals surface area contributed by atoms with E-state index in [1.165, 1.54) is 11.3 Å². The van der Waals surface area contributed by atoms with Gasteiger partial charge in [-0.15, -0.1) is 0 Å². The lowest BCUT2D eigenvalue weighted by atomic mass is 10.1. The molecule has 0 N–H and O–H groups in total. The van der Waals surface area contributed by atoms with Gasteiger partial charge in [-0.25, -0.2) is 0 Å². The van der Waals surface area contributed by atoms with Crippen LogP contribution in [0, 0.1) is 6.92 Å². The molecule has 2 rings (SSSR count). The third-order valence-corrected chi connectivity index (χ3v) is 2.57. The number of rotatable bonds is 3. The number of benzene rings is 1. The highest BCUT2D eigenvalue weighted by atomic mass is 15.1. The van der Waals surface area contributed by atoms with Crippen molar-refractivity contribution in [1.82, 2.24) is 0 Å². The Bertz CT molecular complexity index is 328. The summed E-state index contributed by atoms with van der Waals surface area (Å²) in [6.45, 7) is 4.96. The van der Waals surface area contributed by atoms with Crippen LogP contribution in [0.2, 0.25) is 0 Å². The SMILES string of the molecule is [CH2]CCCN1C=CCc2ccccc21. The van der Waals surface area contributed by atoms with Crippen LogP contribution in [0.5, 0.6) is 0 Å². The summed E-state index contributed by atoms with van der Waals surface area (Å²) in [5.41, 5.74) is 2.79. The molecule has 0 bridgehead atoms. The highest BCUT2D eigenvalue weighted by molar-refractivity contribution is 5.58. The molecule has 0 fully saturated rings. The first-order valence-electron chi connectivity index (χ1n) is 5.22. The minimum absolute atomic E-state index is 1.01. The first-order chi connectivity index (χ1) is 6.92. The van der Waals surface area contributed by atoms with Crippen LogP contribution in [-0.2, 0) is 6.42 Å². The Morgan fingerprint density at radius 1 is 1.29 bits per heavy atom. The quantitative estimate of drug-likeness (QED) is 0.700. The van der Waals surface area contributed by atoms with E-state index in [2.05, 4.69) is 48.4 Å². The van der Waals surface area contributed by atoms with Gasteiger partial charge in [-0.3, -0.25) is 0 Å². The topological polar surface area (TPSA) is 3.24 Å². The van der Waals surface area contributed by atoms with E-state index in [9.17, 15) is 0 Å². The predicted octanol–water partition coefficient (Wildman–Crippen LogP) is 3.18. The molecule has 0 saturated heterocycles. The van der Waals surface area contributed by atoms with Crippen LogP contribution >= 0.6 is 0 Å². The van der Waals surface area contributed by atoms with E-state index in [4.69, 9.17) is 0 Å². The van der Waals surface area contributed by atoms with E-state index >= 15 is 0 Å². The fraction of sp³-hybridized carbons (Fsp3) is 0.308. The molecule has 0 amide bonds. The van der Waals surface area contributed by atoms with Crippen molar-refractivity contribution in [2.45, 2.75) is 19.3 Å². The zero-order chi connectivity index (χ0) is 9.80. The largest absolute Gasteiger partial charge is 0.348 e. The standard InChI is InChI=1S/C13H16N/c1-2-3-10-14-11-6-8-12-7-4-5-9-13(12)14/h4-7,9,11H,1-3,8,10H2. The van der Waals surface area contributed by atoms with Gasteiger partial charge in [0.1, 0.15) is 0 Å². The average molecular weight is 186 g/mol. The molecule has 0 aliphatic carbocycles. The van der Waals surface area contributed by atoms with Crippen molar-refractivity contribution in [3.05, 3.63) is 49.0 Å². The van der Waals surface area contributed by atoms with Gasteiger partial charge in [-0.2, -0.15) is 0 Å². The lowest BCUT2D eigenvalue weighted by molar-refractivity contribution is 0.810. The lowest BCUT2D eigenvalue weighted by Crippen LogP contribution is -2.21. The van der Waals surface area contributed by atoms with Gasteiger partial charge < -0.3 is 4.90 Å². The molecule has 1 aliphatic rings. The molecule has 14 heavy (non-hydrogen) atoms. The van der Waals surface area contributed by atoms with E-state index in [1.807, 2.05) is 0 Å². The first kappa shape index (κ1) is 9.32. The van der Waals surface area contributed by atoms with Gasteiger partial charge in [-0.05, 0) is 24.5 Å². The number of nitrogens with zero attached hydrogens (tertiary/aromatic N) is 1. The highest BCUT2D eigenvalue weighted by Gasteiger charge is 2.10. The second-order valence-corrected chi connectivity index (χ2v) is 3.62. The molecule has 1 heteroatoms. The van der Waals surface area contributed by atoms with Crippen molar-refractivity contribution in [3.63, 3.8) is 0 Å². The van der Waals surface area contributed by atoms with Gasteiger partial charge >= 0.3 is 0 Å². The van der Waals surface area contributed by atoms with Crippen LogP contribution in [0.25, 0.3) is 0 Å². The monoisotopic (exact) mass is 186 g/mol. The summed E-state index contributed by atoms with van der Waals surface area (Å²) in [4.78, 5) is 2.32. The molecule has 0 saturated carbocycles. The number of allylic oxidation sites excluding steroid dienone is 1. The van der Waals surface area contributed by atoms with Gasteiger partial charge in [0, 0.05) is 18.4 Å². The van der Waals surface area contributed by atoms with Crippen LogP contribution in [-0.4, -0.2) is 6.54 Å². The molecular weight excluding hydrogens is 170 g/mol. The van der Waals surface area contributed by atoms with E-state index in [-0.39, 0.29) is 0 Å². The molecule has 73 valence electrons. The number of hydrogen-bond donors (Lipinski definition) is 0. The summed E-state index contributed by atoms with van der Waals surface area (Å²) >= 11 is 0. The molecular formula is C13H16N. The Hall–Kier alpha value is -1.24. The fourth-order valence-electron chi connectivity index (χ4n) is 1.83. The number of unbranched alkanes of at least 4 members (excludes halogenated alkanes) is 1. The van der Waals surface area contributed by atoms with E-state index < -0.39 is 0 Å². The van der Waals surface area contributed by atoms with Crippen LogP contribution in [0.4, 0.5) is 5.69 Å². The summed E-state index contributed by atoms with van der Waals surface area (Å²) in [6, 6.07) is 8.62. The van der Waals surface area contributed by atoms with E-state index in [0.29, 0.717) is 0 Å². The minimum atomic E-state index is 1.01. The Morgan fingerprint density at radius 2 is 2.14 bits per heavy atom. The summed E-state index contributed by atoms with van der Waals surface area (Å²) in [5, 5.41) is 0. The number of fused-ring (bicyclic) bond motifs is 1. The summed E-state index contributed by atoms with van der Waals surface area (Å²) in [6.07, 6.45) is 7.64. The lowest BCUT2D eigenvalue weighted by Gasteiger charge is -2.26. The third-order valence-electron chi connectivity index (χ3n) is 2.57. The van der Waals surface area contributed by atoms with Crippen molar-refractivity contribution in [2.75, 3.05) is 11.4 Å². The van der Waals surface area contributed by atoms with Crippen LogP contribution in [0.15, 0.2) is 36.5 Å². The smallest absolute Gasteiger partial charge is 0.0441 e. The Kier molecular flexibility index (Phi) is 2.87. The molecule has 1 nitrogen and oxygen atoms in total. The summed E-state index contributed by atoms with van der Waals surface area (Å²) in [5.74, 6) is 0. The van der Waals surface area contributed by atoms with Gasteiger partial charge in [-0.1, -0.05) is 37.6 Å². The Labute approximate surface area is 86.1 Å². The number of para-hydroxylation sites is 1. The number of anilines is 1. The molecule has 1 heterocycles. The normalized spacial score (nSPS) is 14.2. The zero-order valence-corrected chi connectivity index (χ0v) is 8.45. The second-order valence-electron chi connectivity index (χ2n) is 3.62.